The lowest BCUT2D eigenvalue weighted by Gasteiger charge is -2.42. The van der Waals surface area contributed by atoms with E-state index >= 15 is 0 Å². The molecular weight excluding hydrogens is 259 g/mol. The fourth-order valence-electron chi connectivity index (χ4n) is 2.35. The van der Waals surface area contributed by atoms with Crippen LogP contribution in [0.5, 0.6) is 0 Å². The first-order valence-corrected chi connectivity index (χ1v) is 6.59. The lowest BCUT2D eigenvalue weighted by molar-refractivity contribution is -0.158. The molecule has 0 radical (unpaired) electrons. The quantitative estimate of drug-likeness (QED) is 0.805. The van der Waals surface area contributed by atoms with Crippen LogP contribution in [0, 0.1) is 5.41 Å². The van der Waals surface area contributed by atoms with Gasteiger partial charge in [-0.3, -0.25) is 10.1 Å². The summed E-state index contributed by atoms with van der Waals surface area (Å²) in [6.45, 7) is 4.80. The molecular formula is C13H22F3NO2. The van der Waals surface area contributed by atoms with E-state index in [1.54, 1.807) is 6.92 Å². The Hall–Kier alpha value is -0.780. The minimum Gasteiger partial charge on any atom is -0.465 e. The van der Waals surface area contributed by atoms with E-state index in [0.717, 1.165) is 0 Å². The molecule has 1 N–H and O–H groups in total. The van der Waals surface area contributed by atoms with Crippen LogP contribution in [0.15, 0.2) is 0 Å². The topological polar surface area (TPSA) is 38.3 Å². The van der Waals surface area contributed by atoms with Gasteiger partial charge >= 0.3 is 12.1 Å². The van der Waals surface area contributed by atoms with Crippen molar-refractivity contribution in [1.29, 1.82) is 0 Å². The molecule has 0 aromatic rings. The first-order valence-electron chi connectivity index (χ1n) is 6.59. The van der Waals surface area contributed by atoms with E-state index in [4.69, 9.17) is 4.74 Å². The Bertz CT molecular complexity index is 316. The highest BCUT2D eigenvalue weighted by Gasteiger charge is 2.46. The van der Waals surface area contributed by atoms with Crippen molar-refractivity contribution in [2.75, 3.05) is 13.2 Å². The Labute approximate surface area is 111 Å². The summed E-state index contributed by atoms with van der Waals surface area (Å²) in [5.74, 6) is -0.560. The molecule has 19 heavy (non-hydrogen) atoms. The third-order valence-corrected chi connectivity index (χ3v) is 3.75. The maximum atomic E-state index is 12.4. The Morgan fingerprint density at radius 1 is 1.21 bits per heavy atom. The Morgan fingerprint density at radius 2 is 1.74 bits per heavy atom. The molecule has 112 valence electrons. The van der Waals surface area contributed by atoms with Crippen molar-refractivity contribution < 1.29 is 22.7 Å². The van der Waals surface area contributed by atoms with Crippen LogP contribution in [0.2, 0.25) is 0 Å². The van der Waals surface area contributed by atoms with Gasteiger partial charge in [-0.05, 0) is 38.0 Å². The van der Waals surface area contributed by atoms with Gasteiger partial charge in [-0.1, -0.05) is 13.8 Å². The summed E-state index contributed by atoms with van der Waals surface area (Å²) in [5, 5.41) is 2.40. The van der Waals surface area contributed by atoms with E-state index in [0.29, 0.717) is 25.7 Å². The summed E-state index contributed by atoms with van der Waals surface area (Å²) in [7, 11) is 0. The molecule has 0 aromatic carbocycles. The van der Waals surface area contributed by atoms with Gasteiger partial charge in [-0.25, -0.2) is 0 Å². The summed E-state index contributed by atoms with van der Waals surface area (Å²) in [6.07, 6.45) is -2.15. The van der Waals surface area contributed by atoms with Gasteiger partial charge < -0.3 is 4.74 Å². The standard InChI is InChI=1S/C13H22F3NO2/c1-4-19-10(18)12(17-9-13(14,15)16)7-5-11(2,3)6-8-12/h17H,4-9H2,1-3H3. The first kappa shape index (κ1) is 16.3. The number of esters is 1. The average Bonchev–Trinajstić information content (AvgIpc) is 2.27. The fourth-order valence-corrected chi connectivity index (χ4v) is 2.35. The van der Waals surface area contributed by atoms with E-state index in [9.17, 15) is 18.0 Å². The van der Waals surface area contributed by atoms with Crippen LogP contribution in [-0.4, -0.2) is 30.8 Å². The van der Waals surface area contributed by atoms with Gasteiger partial charge in [0, 0.05) is 0 Å². The van der Waals surface area contributed by atoms with E-state index in [-0.39, 0.29) is 12.0 Å². The van der Waals surface area contributed by atoms with E-state index < -0.39 is 24.2 Å². The summed E-state index contributed by atoms with van der Waals surface area (Å²) < 4.78 is 42.1. The maximum Gasteiger partial charge on any atom is 0.401 e. The molecule has 1 aliphatic rings. The molecule has 0 saturated heterocycles. The fraction of sp³-hybridized carbons (Fsp3) is 0.923. The van der Waals surface area contributed by atoms with Gasteiger partial charge in [-0.2, -0.15) is 13.2 Å². The number of carbonyl (C=O) groups excluding carboxylic acids is 1. The van der Waals surface area contributed by atoms with Gasteiger partial charge in [0.25, 0.3) is 0 Å². The van der Waals surface area contributed by atoms with Crippen LogP contribution in [0.3, 0.4) is 0 Å². The van der Waals surface area contributed by atoms with Crippen LogP contribution < -0.4 is 5.32 Å². The average molecular weight is 281 g/mol. The molecule has 0 amide bonds. The van der Waals surface area contributed by atoms with Gasteiger partial charge in [0.05, 0.1) is 13.2 Å². The molecule has 1 aliphatic carbocycles. The molecule has 1 fully saturated rings. The zero-order valence-corrected chi connectivity index (χ0v) is 11.7. The number of nitrogens with one attached hydrogen (secondary N) is 1. The summed E-state index contributed by atoms with van der Waals surface area (Å²) in [5.41, 5.74) is -1.11. The second-order valence-corrected chi connectivity index (χ2v) is 5.94. The van der Waals surface area contributed by atoms with Crippen LogP contribution in [0.25, 0.3) is 0 Å². The highest BCUT2D eigenvalue weighted by Crippen LogP contribution is 2.41. The molecule has 6 heteroatoms. The maximum absolute atomic E-state index is 12.4. The third kappa shape index (κ3) is 4.67. The molecule has 0 bridgehead atoms. The van der Waals surface area contributed by atoms with Crippen LogP contribution in [0.1, 0.15) is 46.5 Å². The van der Waals surface area contributed by atoms with E-state index in [1.807, 2.05) is 0 Å². The van der Waals surface area contributed by atoms with Crippen molar-refractivity contribution in [1.82, 2.24) is 5.32 Å². The molecule has 1 saturated carbocycles. The van der Waals surface area contributed by atoms with Crippen molar-refractivity contribution in [2.45, 2.75) is 58.2 Å². The van der Waals surface area contributed by atoms with Gasteiger partial charge in [0.15, 0.2) is 0 Å². The lowest BCUT2D eigenvalue weighted by Crippen LogP contribution is -2.57. The smallest absolute Gasteiger partial charge is 0.401 e. The van der Waals surface area contributed by atoms with Crippen molar-refractivity contribution >= 4 is 5.97 Å². The molecule has 0 spiro atoms. The molecule has 0 aliphatic heterocycles. The number of rotatable bonds is 4. The minimum atomic E-state index is -4.33. The van der Waals surface area contributed by atoms with Crippen molar-refractivity contribution in [2.24, 2.45) is 5.41 Å². The van der Waals surface area contributed by atoms with Gasteiger partial charge in [0.1, 0.15) is 5.54 Å². The van der Waals surface area contributed by atoms with Crippen LogP contribution in [0.4, 0.5) is 13.2 Å². The zero-order chi connectivity index (χ0) is 14.7. The molecule has 1 rings (SSSR count). The van der Waals surface area contributed by atoms with E-state index in [2.05, 4.69) is 19.2 Å². The van der Waals surface area contributed by atoms with Crippen LogP contribution >= 0.6 is 0 Å². The second-order valence-electron chi connectivity index (χ2n) is 5.94. The highest BCUT2D eigenvalue weighted by molar-refractivity contribution is 5.81. The molecule has 0 heterocycles. The molecule has 0 unspecified atom stereocenters. The molecule has 0 aromatic heterocycles. The monoisotopic (exact) mass is 281 g/mol. The summed E-state index contributed by atoms with van der Waals surface area (Å²) in [4.78, 5) is 12.0. The van der Waals surface area contributed by atoms with Crippen LogP contribution in [-0.2, 0) is 9.53 Å². The Balaban J connectivity index is 2.77. The second kappa shape index (κ2) is 5.69. The predicted octanol–water partition coefficient (Wildman–Crippen LogP) is 3.04. The Kier molecular flexibility index (Phi) is 4.87. The van der Waals surface area contributed by atoms with Crippen molar-refractivity contribution in [3.8, 4) is 0 Å². The highest BCUT2D eigenvalue weighted by atomic mass is 19.4. The molecule has 3 nitrogen and oxygen atoms in total. The lowest BCUT2D eigenvalue weighted by atomic mass is 9.69. The van der Waals surface area contributed by atoms with Crippen molar-refractivity contribution in [3.63, 3.8) is 0 Å². The Morgan fingerprint density at radius 3 is 2.16 bits per heavy atom. The SMILES string of the molecule is CCOC(=O)C1(NCC(F)(F)F)CCC(C)(C)CC1. The third-order valence-electron chi connectivity index (χ3n) is 3.75. The van der Waals surface area contributed by atoms with Gasteiger partial charge in [-0.15, -0.1) is 0 Å². The van der Waals surface area contributed by atoms with Crippen molar-refractivity contribution in [3.05, 3.63) is 0 Å². The van der Waals surface area contributed by atoms with Gasteiger partial charge in [0.2, 0.25) is 0 Å². The number of hydrogen-bond acceptors (Lipinski definition) is 3. The normalized spacial score (nSPS) is 22.0. The minimum absolute atomic E-state index is 0.0654. The number of carbonyl (C=O) groups is 1. The predicted molar refractivity (Wildman–Crippen MR) is 65.7 cm³/mol. The summed E-state index contributed by atoms with van der Waals surface area (Å²) >= 11 is 0. The largest absolute Gasteiger partial charge is 0.465 e. The zero-order valence-electron chi connectivity index (χ0n) is 11.7. The first-order chi connectivity index (χ1) is 8.60. The molecule has 0 atom stereocenters. The summed E-state index contributed by atoms with van der Waals surface area (Å²) in [6, 6.07) is 0. The number of halogens is 3. The number of alkyl halides is 3. The number of ether oxygens (including phenoxy) is 1. The van der Waals surface area contributed by atoms with E-state index in [1.165, 1.54) is 0 Å². The number of hydrogen-bond donors (Lipinski definition) is 1.